The number of nitrogens with zero attached hydrogens (tertiary/aromatic N) is 5. The summed E-state index contributed by atoms with van der Waals surface area (Å²) in [6.45, 7) is 10.9. The Bertz CT molecular complexity index is 1110. The Kier molecular flexibility index (Phi) is 6.84. The number of hydrogen-bond acceptors (Lipinski definition) is 5. The van der Waals surface area contributed by atoms with Crippen molar-refractivity contribution < 1.29 is 4.79 Å². The van der Waals surface area contributed by atoms with E-state index in [1.165, 1.54) is 5.56 Å². The second-order valence-electron chi connectivity index (χ2n) is 8.85. The zero-order valence-electron chi connectivity index (χ0n) is 19.7. The van der Waals surface area contributed by atoms with Gasteiger partial charge in [-0.1, -0.05) is 13.0 Å². The Balaban J connectivity index is 1.56. The molecule has 4 rings (SSSR count). The number of aryl methyl sites for hydroxylation is 3. The van der Waals surface area contributed by atoms with Gasteiger partial charge >= 0.3 is 0 Å². The minimum Gasteiger partial charge on any atom is -0.356 e. The monoisotopic (exact) mass is 434 g/mol. The number of carbonyl (C=O) groups excluding carboxylic acids is 1. The van der Waals surface area contributed by atoms with Crippen LogP contribution in [0.15, 0.2) is 24.4 Å². The first-order valence-electron chi connectivity index (χ1n) is 11.7. The van der Waals surface area contributed by atoms with Crippen LogP contribution in [-0.2, 0) is 17.8 Å². The first-order valence-corrected chi connectivity index (χ1v) is 11.7. The predicted octanol–water partition coefficient (Wildman–Crippen LogP) is 3.85. The van der Waals surface area contributed by atoms with Crippen LogP contribution in [0.3, 0.4) is 0 Å². The zero-order valence-corrected chi connectivity index (χ0v) is 19.7. The molecule has 1 amide bonds. The quantitative estimate of drug-likeness (QED) is 0.583. The van der Waals surface area contributed by atoms with Crippen LogP contribution in [0.4, 0.5) is 0 Å². The Morgan fingerprint density at radius 1 is 1.28 bits per heavy atom. The van der Waals surface area contributed by atoms with Gasteiger partial charge in [0.1, 0.15) is 0 Å². The maximum atomic E-state index is 12.1. The van der Waals surface area contributed by atoms with Gasteiger partial charge in [-0.2, -0.15) is 5.10 Å². The third kappa shape index (κ3) is 4.67. The summed E-state index contributed by atoms with van der Waals surface area (Å²) in [6.07, 6.45) is 6.23. The van der Waals surface area contributed by atoms with E-state index >= 15 is 0 Å². The molecule has 32 heavy (non-hydrogen) atoms. The van der Waals surface area contributed by atoms with E-state index < -0.39 is 0 Å². The summed E-state index contributed by atoms with van der Waals surface area (Å²) in [7, 11) is 0. The largest absolute Gasteiger partial charge is 0.356 e. The minimum atomic E-state index is 0.0957. The molecule has 0 radical (unpaired) electrons. The van der Waals surface area contributed by atoms with Gasteiger partial charge in [-0.3, -0.25) is 14.7 Å². The lowest BCUT2D eigenvalue weighted by molar-refractivity contribution is -0.121. The molecule has 1 N–H and O–H groups in total. The van der Waals surface area contributed by atoms with Crippen LogP contribution in [0.25, 0.3) is 5.65 Å². The summed E-state index contributed by atoms with van der Waals surface area (Å²) in [6, 6.07) is 6.52. The molecule has 1 fully saturated rings. The van der Waals surface area contributed by atoms with Crippen LogP contribution in [0, 0.1) is 20.8 Å². The molecule has 0 bridgehead atoms. The van der Waals surface area contributed by atoms with Crippen molar-refractivity contribution in [2.45, 2.75) is 72.4 Å². The van der Waals surface area contributed by atoms with Crippen molar-refractivity contribution in [3.63, 3.8) is 0 Å². The Morgan fingerprint density at radius 3 is 2.91 bits per heavy atom. The van der Waals surface area contributed by atoms with Crippen molar-refractivity contribution in [1.82, 2.24) is 29.8 Å². The van der Waals surface area contributed by atoms with Crippen LogP contribution < -0.4 is 5.32 Å². The first-order chi connectivity index (χ1) is 15.5. The van der Waals surface area contributed by atoms with Gasteiger partial charge in [0.05, 0.1) is 17.4 Å². The van der Waals surface area contributed by atoms with E-state index in [9.17, 15) is 4.79 Å². The highest BCUT2D eigenvalue weighted by Crippen LogP contribution is 2.33. The number of carbonyl (C=O) groups is 1. The highest BCUT2D eigenvalue weighted by atomic mass is 16.1. The smallest absolute Gasteiger partial charge is 0.220 e. The van der Waals surface area contributed by atoms with Crippen LogP contribution in [0.2, 0.25) is 0 Å². The number of fused-ring (bicyclic) bond motifs is 1. The van der Waals surface area contributed by atoms with Crippen molar-refractivity contribution in [1.29, 1.82) is 0 Å². The molecule has 170 valence electrons. The Labute approximate surface area is 190 Å². The molecular formula is C25H34N6O. The molecule has 1 atom stereocenters. The lowest BCUT2D eigenvalue weighted by Gasteiger charge is -2.23. The second kappa shape index (κ2) is 9.77. The number of pyridine rings is 1. The maximum Gasteiger partial charge on any atom is 0.220 e. The molecule has 1 saturated heterocycles. The third-order valence-electron chi connectivity index (χ3n) is 6.53. The van der Waals surface area contributed by atoms with Gasteiger partial charge in [0.15, 0.2) is 5.65 Å². The summed E-state index contributed by atoms with van der Waals surface area (Å²) >= 11 is 0. The maximum absolute atomic E-state index is 12.1. The van der Waals surface area contributed by atoms with Gasteiger partial charge in [-0.25, -0.2) is 9.50 Å². The van der Waals surface area contributed by atoms with Crippen LogP contribution >= 0.6 is 0 Å². The second-order valence-corrected chi connectivity index (χ2v) is 8.85. The number of amides is 1. The molecule has 1 aliphatic rings. The fourth-order valence-corrected chi connectivity index (χ4v) is 4.69. The third-order valence-corrected chi connectivity index (χ3v) is 6.53. The van der Waals surface area contributed by atoms with Gasteiger partial charge < -0.3 is 5.32 Å². The Morgan fingerprint density at radius 2 is 2.12 bits per heavy atom. The predicted molar refractivity (Wildman–Crippen MR) is 125 cm³/mol. The van der Waals surface area contributed by atoms with E-state index in [1.54, 1.807) is 0 Å². The number of aromatic nitrogens is 4. The molecule has 0 unspecified atom stereocenters. The highest BCUT2D eigenvalue weighted by Gasteiger charge is 2.29. The molecule has 0 saturated carbocycles. The molecule has 7 nitrogen and oxygen atoms in total. The van der Waals surface area contributed by atoms with Crippen molar-refractivity contribution in [3.8, 4) is 0 Å². The fraction of sp³-hybridized carbons (Fsp3) is 0.520. The molecule has 1 aliphatic heterocycles. The average Bonchev–Trinajstić information content (AvgIpc) is 3.40. The van der Waals surface area contributed by atoms with Gasteiger partial charge in [-0.05, 0) is 70.2 Å². The molecule has 0 spiro atoms. The fourth-order valence-electron chi connectivity index (χ4n) is 4.69. The first kappa shape index (κ1) is 22.4. The topological polar surface area (TPSA) is 75.4 Å². The highest BCUT2D eigenvalue weighted by molar-refractivity contribution is 5.76. The normalized spacial score (nSPS) is 16.7. The average molecular weight is 435 g/mol. The molecule has 3 aromatic heterocycles. The molecule has 4 heterocycles. The molecule has 0 aromatic carbocycles. The van der Waals surface area contributed by atoms with Crippen molar-refractivity contribution in [2.24, 2.45) is 0 Å². The zero-order chi connectivity index (χ0) is 22.7. The van der Waals surface area contributed by atoms with E-state index in [1.807, 2.05) is 23.7 Å². The summed E-state index contributed by atoms with van der Waals surface area (Å²) in [5.41, 5.74) is 7.50. The van der Waals surface area contributed by atoms with Crippen LogP contribution in [0.1, 0.15) is 72.6 Å². The van der Waals surface area contributed by atoms with Crippen molar-refractivity contribution >= 4 is 11.6 Å². The standard InChI is InChI=1S/C25H34N6O/c1-5-12-27-25(32)11-10-20-18(3)28-24-15-21(29-31(24)19(20)4)23-9-7-14-30(23)16-22-17(2)8-6-13-26-22/h6,8,13,15,23H,5,7,9-12,14,16H2,1-4H3,(H,27,32)/t23-/m1/s1. The number of rotatable bonds is 8. The number of hydrogen-bond donors (Lipinski definition) is 1. The molecule has 3 aromatic rings. The van der Waals surface area contributed by atoms with E-state index in [0.717, 1.165) is 72.9 Å². The summed E-state index contributed by atoms with van der Waals surface area (Å²) in [4.78, 5) is 24.0. The van der Waals surface area contributed by atoms with Crippen molar-refractivity contribution in [3.05, 3.63) is 58.3 Å². The summed E-state index contributed by atoms with van der Waals surface area (Å²) < 4.78 is 1.96. The van der Waals surface area contributed by atoms with E-state index in [2.05, 4.69) is 48.1 Å². The summed E-state index contributed by atoms with van der Waals surface area (Å²) in [5.74, 6) is 0.0957. The van der Waals surface area contributed by atoms with E-state index in [0.29, 0.717) is 12.8 Å². The van der Waals surface area contributed by atoms with Gasteiger partial charge in [-0.15, -0.1) is 0 Å². The summed E-state index contributed by atoms with van der Waals surface area (Å²) in [5, 5.41) is 7.93. The van der Waals surface area contributed by atoms with Crippen molar-refractivity contribution in [2.75, 3.05) is 13.1 Å². The minimum absolute atomic E-state index is 0.0957. The molecule has 7 heteroatoms. The number of nitrogens with one attached hydrogen (secondary N) is 1. The lowest BCUT2D eigenvalue weighted by atomic mass is 10.1. The van der Waals surface area contributed by atoms with Gasteiger partial charge in [0.2, 0.25) is 5.91 Å². The molecule has 0 aliphatic carbocycles. The van der Waals surface area contributed by atoms with Gasteiger partial charge in [0, 0.05) is 43.2 Å². The van der Waals surface area contributed by atoms with Gasteiger partial charge in [0.25, 0.3) is 0 Å². The SMILES string of the molecule is CCCNC(=O)CCc1c(C)nc2cc([C@H]3CCCN3Cc3ncccc3C)nn2c1C. The van der Waals surface area contributed by atoms with E-state index in [-0.39, 0.29) is 11.9 Å². The van der Waals surface area contributed by atoms with Crippen LogP contribution in [0.5, 0.6) is 0 Å². The lowest BCUT2D eigenvalue weighted by Crippen LogP contribution is -2.24. The van der Waals surface area contributed by atoms with Crippen LogP contribution in [-0.4, -0.2) is 43.5 Å². The Hall–Kier alpha value is -2.80. The molecular weight excluding hydrogens is 400 g/mol. The van der Waals surface area contributed by atoms with E-state index in [4.69, 9.17) is 10.1 Å². The number of likely N-dealkylation sites (tertiary alicyclic amines) is 1.